The number of hydrogen-bond donors (Lipinski definition) is 0. The average molecular weight is 225 g/mol. The maximum atomic E-state index is 9.96. The molecule has 0 unspecified atom stereocenters. The fourth-order valence-electron chi connectivity index (χ4n) is 1.99. The Morgan fingerprint density at radius 3 is 1.62 bits per heavy atom. The van der Waals surface area contributed by atoms with Gasteiger partial charge in [-0.05, 0) is 12.3 Å². The lowest BCUT2D eigenvalue weighted by molar-refractivity contribution is 0.505. The van der Waals surface area contributed by atoms with Crippen molar-refractivity contribution in [3.8, 4) is 0 Å². The van der Waals surface area contributed by atoms with E-state index in [1.54, 1.807) is 0 Å². The molecule has 0 N–H and O–H groups in total. The highest BCUT2D eigenvalue weighted by Crippen LogP contribution is 2.13. The van der Waals surface area contributed by atoms with Gasteiger partial charge in [0.2, 0.25) is 0 Å². The van der Waals surface area contributed by atoms with Crippen molar-refractivity contribution in [2.75, 3.05) is 0 Å². The van der Waals surface area contributed by atoms with Crippen LogP contribution in [0.2, 0.25) is 0 Å². The van der Waals surface area contributed by atoms with Gasteiger partial charge in [0.15, 0.2) is 6.29 Å². The third-order valence-corrected chi connectivity index (χ3v) is 3.06. The summed E-state index contributed by atoms with van der Waals surface area (Å²) in [7, 11) is 0. The first-order chi connectivity index (χ1) is 7.77. The highest BCUT2D eigenvalue weighted by Gasteiger charge is 1.95. The Morgan fingerprint density at radius 1 is 0.750 bits per heavy atom. The van der Waals surface area contributed by atoms with Crippen LogP contribution in [0.4, 0.5) is 0 Å². The topological polar surface area (TPSA) is 17.1 Å². The monoisotopic (exact) mass is 225 g/mol. The number of unbranched alkanes of at least 4 members (excludes halogenated alkanes) is 9. The standard InChI is InChI=1S/C15H29O/c1-15(2)13-11-9-7-5-3-4-6-8-10-12-14-16/h15H,3-13H2,1-2H3. The Kier molecular flexibility index (Phi) is 12.5. The molecule has 1 nitrogen and oxygen atoms in total. The second-order valence-electron chi connectivity index (χ2n) is 5.26. The maximum Gasteiger partial charge on any atom is 0.198 e. The van der Waals surface area contributed by atoms with Crippen molar-refractivity contribution in [2.24, 2.45) is 5.92 Å². The van der Waals surface area contributed by atoms with Crippen molar-refractivity contribution >= 4 is 6.29 Å². The van der Waals surface area contributed by atoms with Gasteiger partial charge < -0.3 is 0 Å². The molecule has 0 rings (SSSR count). The zero-order chi connectivity index (χ0) is 12.1. The van der Waals surface area contributed by atoms with E-state index in [4.69, 9.17) is 0 Å². The van der Waals surface area contributed by atoms with Crippen LogP contribution in [-0.2, 0) is 4.79 Å². The second kappa shape index (κ2) is 12.7. The van der Waals surface area contributed by atoms with E-state index in [0.29, 0.717) is 6.42 Å². The summed E-state index contributed by atoms with van der Waals surface area (Å²) in [5.74, 6) is 0.870. The van der Waals surface area contributed by atoms with Crippen LogP contribution in [-0.4, -0.2) is 6.29 Å². The van der Waals surface area contributed by atoms with E-state index in [0.717, 1.165) is 12.3 Å². The van der Waals surface area contributed by atoms with Crippen LogP contribution >= 0.6 is 0 Å². The Morgan fingerprint density at radius 2 is 1.19 bits per heavy atom. The molecule has 0 fully saturated rings. The van der Waals surface area contributed by atoms with Gasteiger partial charge in [0.1, 0.15) is 0 Å². The number of carbonyl (C=O) groups excluding carboxylic acids is 1. The van der Waals surface area contributed by atoms with E-state index in [-0.39, 0.29) is 0 Å². The van der Waals surface area contributed by atoms with Gasteiger partial charge in [-0.25, -0.2) is 0 Å². The van der Waals surface area contributed by atoms with Gasteiger partial charge in [-0.15, -0.1) is 0 Å². The summed E-state index contributed by atoms with van der Waals surface area (Å²) >= 11 is 0. The quantitative estimate of drug-likeness (QED) is 0.425. The second-order valence-corrected chi connectivity index (χ2v) is 5.26. The highest BCUT2D eigenvalue weighted by molar-refractivity contribution is 5.50. The molecule has 0 aliphatic rings. The Balaban J connectivity index is 2.90. The summed E-state index contributed by atoms with van der Waals surface area (Å²) in [6, 6.07) is 0. The van der Waals surface area contributed by atoms with Crippen LogP contribution in [0.5, 0.6) is 0 Å². The molecule has 0 aromatic rings. The number of hydrogen-bond acceptors (Lipinski definition) is 1. The van der Waals surface area contributed by atoms with Crippen molar-refractivity contribution < 1.29 is 4.79 Å². The molecule has 0 amide bonds. The minimum Gasteiger partial charge on any atom is -0.291 e. The molecule has 0 heterocycles. The average Bonchev–Trinajstić information content (AvgIpc) is 2.25. The molecule has 0 aromatic carbocycles. The van der Waals surface area contributed by atoms with Crippen LogP contribution in [0.3, 0.4) is 0 Å². The summed E-state index contributed by atoms with van der Waals surface area (Å²) in [6.07, 6.45) is 15.9. The molecular weight excluding hydrogens is 196 g/mol. The molecule has 95 valence electrons. The zero-order valence-electron chi connectivity index (χ0n) is 11.3. The van der Waals surface area contributed by atoms with E-state index in [9.17, 15) is 4.79 Å². The van der Waals surface area contributed by atoms with Gasteiger partial charge in [0.25, 0.3) is 0 Å². The molecule has 0 aromatic heterocycles. The predicted molar refractivity (Wildman–Crippen MR) is 71.3 cm³/mol. The Hall–Kier alpha value is -0.330. The fourth-order valence-corrected chi connectivity index (χ4v) is 1.99. The highest BCUT2D eigenvalue weighted by atomic mass is 16.1. The molecular formula is C15H29O. The van der Waals surface area contributed by atoms with Crippen LogP contribution in [0.15, 0.2) is 0 Å². The lowest BCUT2D eigenvalue weighted by atomic mass is 10.0. The summed E-state index contributed by atoms with van der Waals surface area (Å²) < 4.78 is 0. The number of rotatable bonds is 12. The predicted octanol–water partition coefficient (Wildman–Crippen LogP) is 5.04. The molecule has 0 aliphatic carbocycles. The molecule has 0 saturated carbocycles. The van der Waals surface area contributed by atoms with Crippen molar-refractivity contribution in [1.82, 2.24) is 0 Å². The van der Waals surface area contributed by atoms with Gasteiger partial charge in [0.05, 0.1) is 0 Å². The van der Waals surface area contributed by atoms with Crippen LogP contribution < -0.4 is 0 Å². The Labute approximate surface area is 102 Å². The molecule has 0 atom stereocenters. The maximum absolute atomic E-state index is 9.96. The normalized spacial score (nSPS) is 10.9. The van der Waals surface area contributed by atoms with Crippen LogP contribution in [0.25, 0.3) is 0 Å². The van der Waals surface area contributed by atoms with Gasteiger partial charge in [-0.1, -0.05) is 71.6 Å². The van der Waals surface area contributed by atoms with Gasteiger partial charge in [-0.3, -0.25) is 4.79 Å². The zero-order valence-corrected chi connectivity index (χ0v) is 11.3. The summed E-state index contributed by atoms with van der Waals surface area (Å²) in [5.41, 5.74) is 0. The first-order valence-electron chi connectivity index (χ1n) is 7.12. The first-order valence-corrected chi connectivity index (χ1v) is 7.12. The third kappa shape index (κ3) is 13.7. The van der Waals surface area contributed by atoms with Crippen molar-refractivity contribution in [2.45, 2.75) is 84.5 Å². The Bertz CT molecular complexity index is 140. The largest absolute Gasteiger partial charge is 0.291 e. The van der Waals surface area contributed by atoms with Crippen molar-refractivity contribution in [3.63, 3.8) is 0 Å². The minimum atomic E-state index is 0.634. The van der Waals surface area contributed by atoms with Crippen LogP contribution in [0.1, 0.15) is 84.5 Å². The molecule has 0 bridgehead atoms. The smallest absolute Gasteiger partial charge is 0.198 e. The van der Waals surface area contributed by atoms with Crippen molar-refractivity contribution in [1.29, 1.82) is 0 Å². The first kappa shape index (κ1) is 15.7. The van der Waals surface area contributed by atoms with E-state index in [1.165, 1.54) is 57.8 Å². The summed E-state index contributed by atoms with van der Waals surface area (Å²) in [5, 5.41) is 0. The van der Waals surface area contributed by atoms with Gasteiger partial charge in [0, 0.05) is 6.42 Å². The molecule has 1 radical (unpaired) electrons. The van der Waals surface area contributed by atoms with Gasteiger partial charge >= 0.3 is 0 Å². The van der Waals surface area contributed by atoms with E-state index >= 15 is 0 Å². The molecule has 1 heteroatoms. The molecule has 0 saturated heterocycles. The lowest BCUT2D eigenvalue weighted by Gasteiger charge is -2.04. The summed E-state index contributed by atoms with van der Waals surface area (Å²) in [6.45, 7) is 4.60. The SMILES string of the molecule is CC(C)CCCCCCCCCCC[C]=O. The van der Waals surface area contributed by atoms with Gasteiger partial charge in [-0.2, -0.15) is 0 Å². The fraction of sp³-hybridized carbons (Fsp3) is 0.933. The molecule has 0 aliphatic heterocycles. The van der Waals surface area contributed by atoms with E-state index in [1.807, 2.05) is 6.29 Å². The third-order valence-electron chi connectivity index (χ3n) is 3.06. The van der Waals surface area contributed by atoms with E-state index in [2.05, 4.69) is 13.8 Å². The van der Waals surface area contributed by atoms with Crippen molar-refractivity contribution in [3.05, 3.63) is 0 Å². The summed E-state index contributed by atoms with van der Waals surface area (Å²) in [4.78, 5) is 9.96. The lowest BCUT2D eigenvalue weighted by Crippen LogP contribution is -1.87. The molecule has 0 spiro atoms. The molecule has 16 heavy (non-hydrogen) atoms. The van der Waals surface area contributed by atoms with Crippen LogP contribution in [0, 0.1) is 5.92 Å². The minimum absolute atomic E-state index is 0.634. The van der Waals surface area contributed by atoms with E-state index < -0.39 is 0 Å².